The number of aromatic nitrogens is 1. The van der Waals surface area contributed by atoms with Crippen molar-refractivity contribution in [2.75, 3.05) is 6.54 Å². The van der Waals surface area contributed by atoms with Gasteiger partial charge in [-0.2, -0.15) is 0 Å². The second-order valence-corrected chi connectivity index (χ2v) is 6.37. The molecule has 0 saturated heterocycles. The first-order valence-electron chi connectivity index (χ1n) is 9.29. The Labute approximate surface area is 160 Å². The molecule has 0 aliphatic rings. The van der Waals surface area contributed by atoms with Crippen LogP contribution in [0.1, 0.15) is 29.2 Å². The minimum Gasteiger partial charge on any atom is -0.352 e. The molecule has 2 aromatic carbocycles. The molecule has 136 valence electrons. The molecule has 0 spiro atoms. The van der Waals surface area contributed by atoms with Crippen LogP contribution in [0.4, 0.5) is 0 Å². The number of nitrogens with zero attached hydrogens (tertiary/aromatic N) is 1. The SMILES string of the molecule is CCc1ccc(/C(=C/C(=O)NCCc2ccccc2)c2ccncc2)cc1. The summed E-state index contributed by atoms with van der Waals surface area (Å²) in [5, 5.41) is 2.99. The fourth-order valence-electron chi connectivity index (χ4n) is 2.94. The van der Waals surface area contributed by atoms with Gasteiger partial charge >= 0.3 is 0 Å². The third-order valence-corrected chi connectivity index (χ3v) is 4.50. The Bertz CT molecular complexity index is 885. The third-order valence-electron chi connectivity index (χ3n) is 4.50. The molecule has 0 fully saturated rings. The van der Waals surface area contributed by atoms with E-state index in [1.165, 1.54) is 11.1 Å². The maximum atomic E-state index is 12.5. The van der Waals surface area contributed by atoms with Crippen LogP contribution in [-0.4, -0.2) is 17.4 Å². The lowest BCUT2D eigenvalue weighted by molar-refractivity contribution is -0.116. The van der Waals surface area contributed by atoms with Gasteiger partial charge in [-0.3, -0.25) is 9.78 Å². The van der Waals surface area contributed by atoms with Gasteiger partial charge in [-0.15, -0.1) is 0 Å². The summed E-state index contributed by atoms with van der Waals surface area (Å²) < 4.78 is 0. The van der Waals surface area contributed by atoms with E-state index in [-0.39, 0.29) is 5.91 Å². The summed E-state index contributed by atoms with van der Waals surface area (Å²) in [5.41, 5.74) is 5.40. The van der Waals surface area contributed by atoms with E-state index in [0.29, 0.717) is 6.54 Å². The maximum Gasteiger partial charge on any atom is 0.244 e. The van der Waals surface area contributed by atoms with Crippen molar-refractivity contribution in [3.8, 4) is 0 Å². The Kier molecular flexibility index (Phi) is 6.53. The summed E-state index contributed by atoms with van der Waals surface area (Å²) >= 11 is 0. The van der Waals surface area contributed by atoms with Crippen LogP contribution < -0.4 is 5.32 Å². The zero-order chi connectivity index (χ0) is 18.9. The van der Waals surface area contributed by atoms with Crippen LogP contribution in [0.5, 0.6) is 0 Å². The van der Waals surface area contributed by atoms with E-state index in [1.54, 1.807) is 18.5 Å². The number of carbonyl (C=O) groups is 1. The summed E-state index contributed by atoms with van der Waals surface area (Å²) in [7, 11) is 0. The second kappa shape index (κ2) is 9.48. The normalized spacial score (nSPS) is 11.2. The number of hydrogen-bond donors (Lipinski definition) is 1. The van der Waals surface area contributed by atoms with Crippen LogP contribution in [0.2, 0.25) is 0 Å². The second-order valence-electron chi connectivity index (χ2n) is 6.37. The van der Waals surface area contributed by atoms with Crippen molar-refractivity contribution in [2.45, 2.75) is 19.8 Å². The van der Waals surface area contributed by atoms with Crippen molar-refractivity contribution in [1.29, 1.82) is 0 Å². The molecule has 3 aromatic rings. The predicted molar refractivity (Wildman–Crippen MR) is 110 cm³/mol. The van der Waals surface area contributed by atoms with Crippen molar-refractivity contribution in [2.24, 2.45) is 0 Å². The van der Waals surface area contributed by atoms with E-state index in [9.17, 15) is 4.79 Å². The molecule has 0 aliphatic carbocycles. The van der Waals surface area contributed by atoms with Gasteiger partial charge in [-0.25, -0.2) is 0 Å². The molecule has 3 nitrogen and oxygen atoms in total. The van der Waals surface area contributed by atoms with E-state index >= 15 is 0 Å². The molecule has 0 bridgehead atoms. The summed E-state index contributed by atoms with van der Waals surface area (Å²) in [5.74, 6) is -0.0858. The third kappa shape index (κ3) is 5.38. The number of pyridine rings is 1. The molecule has 27 heavy (non-hydrogen) atoms. The maximum absolute atomic E-state index is 12.5. The molecule has 1 aromatic heterocycles. The quantitative estimate of drug-likeness (QED) is 0.636. The minimum atomic E-state index is -0.0858. The highest BCUT2D eigenvalue weighted by Crippen LogP contribution is 2.23. The van der Waals surface area contributed by atoms with E-state index in [4.69, 9.17) is 0 Å². The monoisotopic (exact) mass is 356 g/mol. The Morgan fingerprint density at radius 1 is 0.889 bits per heavy atom. The lowest BCUT2D eigenvalue weighted by atomic mass is 9.97. The largest absolute Gasteiger partial charge is 0.352 e. The summed E-state index contributed by atoms with van der Waals surface area (Å²) in [6.45, 7) is 2.74. The molecular formula is C24H24N2O. The smallest absolute Gasteiger partial charge is 0.244 e. The van der Waals surface area contributed by atoms with Gasteiger partial charge in [0, 0.05) is 25.0 Å². The van der Waals surface area contributed by atoms with Crippen molar-refractivity contribution in [3.05, 3.63) is 107 Å². The van der Waals surface area contributed by atoms with Gasteiger partial charge in [0.05, 0.1) is 0 Å². The van der Waals surface area contributed by atoms with Crippen molar-refractivity contribution in [1.82, 2.24) is 10.3 Å². The average molecular weight is 356 g/mol. The van der Waals surface area contributed by atoms with Gasteiger partial charge in [-0.05, 0) is 52.8 Å². The fourth-order valence-corrected chi connectivity index (χ4v) is 2.94. The summed E-state index contributed by atoms with van der Waals surface area (Å²) in [4.78, 5) is 16.6. The molecule has 3 heteroatoms. The van der Waals surface area contributed by atoms with Crippen LogP contribution in [0, 0.1) is 0 Å². The van der Waals surface area contributed by atoms with Crippen LogP contribution >= 0.6 is 0 Å². The molecular weight excluding hydrogens is 332 g/mol. The van der Waals surface area contributed by atoms with Crippen LogP contribution in [0.15, 0.2) is 85.2 Å². The van der Waals surface area contributed by atoms with Crippen LogP contribution in [0.3, 0.4) is 0 Å². The van der Waals surface area contributed by atoms with Crippen LogP contribution in [-0.2, 0) is 17.6 Å². The Morgan fingerprint density at radius 2 is 1.56 bits per heavy atom. The summed E-state index contributed by atoms with van der Waals surface area (Å²) in [6.07, 6.45) is 6.99. The molecule has 0 atom stereocenters. The number of aryl methyl sites for hydroxylation is 1. The first-order chi connectivity index (χ1) is 13.3. The van der Waals surface area contributed by atoms with Gasteiger partial charge < -0.3 is 5.32 Å². The molecule has 0 aliphatic heterocycles. The van der Waals surface area contributed by atoms with Gasteiger partial charge in [0.25, 0.3) is 0 Å². The van der Waals surface area contributed by atoms with E-state index in [1.807, 2.05) is 30.3 Å². The number of benzene rings is 2. The van der Waals surface area contributed by atoms with Crippen molar-refractivity contribution < 1.29 is 4.79 Å². The molecule has 0 radical (unpaired) electrons. The fraction of sp³-hybridized carbons (Fsp3) is 0.167. The number of amides is 1. The van der Waals surface area contributed by atoms with Gasteiger partial charge in [-0.1, -0.05) is 61.5 Å². The Hall–Kier alpha value is -3.20. The molecule has 0 unspecified atom stereocenters. The zero-order valence-electron chi connectivity index (χ0n) is 15.6. The molecule has 0 saturated carbocycles. The van der Waals surface area contributed by atoms with Gasteiger partial charge in [0.1, 0.15) is 0 Å². The lowest BCUT2D eigenvalue weighted by Crippen LogP contribution is -2.24. The first-order valence-corrected chi connectivity index (χ1v) is 9.29. The van der Waals surface area contributed by atoms with E-state index in [2.05, 4.69) is 53.6 Å². The number of rotatable bonds is 7. The predicted octanol–water partition coefficient (Wildman–Crippen LogP) is 4.43. The molecule has 3 rings (SSSR count). The Balaban J connectivity index is 1.76. The van der Waals surface area contributed by atoms with Gasteiger partial charge in [0.15, 0.2) is 0 Å². The first kappa shape index (κ1) is 18.6. The topological polar surface area (TPSA) is 42.0 Å². The average Bonchev–Trinajstić information content (AvgIpc) is 2.73. The standard InChI is InChI=1S/C24H24N2O/c1-2-19-8-10-21(11-9-19)23(22-13-15-25-16-14-22)18-24(27)26-17-12-20-6-4-3-5-7-20/h3-11,13-16,18H,2,12,17H2,1H3,(H,26,27)/b23-18-. The van der Waals surface area contributed by atoms with E-state index < -0.39 is 0 Å². The van der Waals surface area contributed by atoms with Gasteiger partial charge in [0.2, 0.25) is 5.91 Å². The highest BCUT2D eigenvalue weighted by molar-refractivity contribution is 5.99. The highest BCUT2D eigenvalue weighted by atomic mass is 16.1. The minimum absolute atomic E-state index is 0.0858. The van der Waals surface area contributed by atoms with Crippen LogP contribution in [0.25, 0.3) is 5.57 Å². The van der Waals surface area contributed by atoms with E-state index in [0.717, 1.165) is 29.5 Å². The highest BCUT2D eigenvalue weighted by Gasteiger charge is 2.08. The Morgan fingerprint density at radius 3 is 2.22 bits per heavy atom. The number of carbonyl (C=O) groups excluding carboxylic acids is 1. The number of nitrogens with one attached hydrogen (secondary N) is 1. The lowest BCUT2D eigenvalue weighted by Gasteiger charge is -2.10. The summed E-state index contributed by atoms with van der Waals surface area (Å²) in [6, 6.07) is 22.4. The van der Waals surface area contributed by atoms with Crippen molar-refractivity contribution in [3.63, 3.8) is 0 Å². The molecule has 1 heterocycles. The van der Waals surface area contributed by atoms with Crippen molar-refractivity contribution >= 4 is 11.5 Å². The number of hydrogen-bond acceptors (Lipinski definition) is 2. The zero-order valence-corrected chi connectivity index (χ0v) is 15.6. The molecule has 1 amide bonds. The molecule has 1 N–H and O–H groups in total.